The molecule has 122 valence electrons. The van der Waals surface area contributed by atoms with Gasteiger partial charge >= 0.3 is 0 Å². The fraction of sp³-hybridized carbons (Fsp3) is 0.118. The number of ketones is 1. The molecule has 0 bridgehead atoms. The van der Waals surface area contributed by atoms with E-state index in [9.17, 15) is 9.18 Å². The lowest BCUT2D eigenvalue weighted by Crippen LogP contribution is -2.01. The third kappa shape index (κ3) is 4.90. The minimum atomic E-state index is -0.344. The van der Waals surface area contributed by atoms with Gasteiger partial charge in [-0.05, 0) is 29.8 Å². The van der Waals surface area contributed by atoms with Gasteiger partial charge in [0.15, 0.2) is 14.5 Å². The number of carbonyl (C=O) groups is 1. The third-order valence-electron chi connectivity index (χ3n) is 3.09. The van der Waals surface area contributed by atoms with Crippen molar-refractivity contribution < 1.29 is 9.18 Å². The standard InChI is InChI=1S/C17H13FN2OS3/c18-14-8-6-13(7-9-14)15(21)11-23-17-20-19-16(24-17)22-10-12-4-2-1-3-5-12/h1-9H,10-11H2. The van der Waals surface area contributed by atoms with Crippen LogP contribution in [0.3, 0.4) is 0 Å². The van der Waals surface area contributed by atoms with Crippen LogP contribution in [0.4, 0.5) is 4.39 Å². The second kappa shape index (κ2) is 8.41. The lowest BCUT2D eigenvalue weighted by molar-refractivity contribution is 0.102. The van der Waals surface area contributed by atoms with E-state index in [0.29, 0.717) is 5.56 Å². The number of rotatable bonds is 7. The monoisotopic (exact) mass is 376 g/mol. The van der Waals surface area contributed by atoms with E-state index in [2.05, 4.69) is 22.3 Å². The maximum absolute atomic E-state index is 12.9. The molecule has 0 aliphatic heterocycles. The van der Waals surface area contributed by atoms with Crippen molar-refractivity contribution in [3.63, 3.8) is 0 Å². The van der Waals surface area contributed by atoms with Crippen LogP contribution in [0.2, 0.25) is 0 Å². The minimum absolute atomic E-state index is 0.0475. The van der Waals surface area contributed by atoms with Crippen LogP contribution in [0, 0.1) is 5.82 Å². The number of Topliss-reactive ketones (excluding diaryl/α,β-unsaturated/α-hetero) is 1. The van der Waals surface area contributed by atoms with Gasteiger partial charge in [0.1, 0.15) is 5.82 Å². The van der Waals surface area contributed by atoms with Crippen LogP contribution in [-0.2, 0) is 5.75 Å². The summed E-state index contributed by atoms with van der Waals surface area (Å²) in [5, 5.41) is 8.25. The molecule has 0 unspecified atom stereocenters. The summed E-state index contributed by atoms with van der Waals surface area (Å²) >= 11 is 4.47. The molecule has 3 rings (SSSR count). The molecule has 1 heterocycles. The molecule has 0 aliphatic carbocycles. The first-order valence-corrected chi connectivity index (χ1v) is 9.91. The number of carbonyl (C=O) groups excluding carboxylic acids is 1. The van der Waals surface area contributed by atoms with Gasteiger partial charge in [-0.3, -0.25) is 4.79 Å². The largest absolute Gasteiger partial charge is 0.293 e. The first kappa shape index (κ1) is 17.1. The second-order valence-electron chi connectivity index (χ2n) is 4.83. The Kier molecular flexibility index (Phi) is 6.01. The number of benzene rings is 2. The molecular formula is C17H13FN2OS3. The van der Waals surface area contributed by atoms with Crippen LogP contribution in [0.25, 0.3) is 0 Å². The van der Waals surface area contributed by atoms with E-state index in [1.807, 2.05) is 18.2 Å². The summed E-state index contributed by atoms with van der Waals surface area (Å²) in [7, 11) is 0. The van der Waals surface area contributed by atoms with Crippen molar-refractivity contribution >= 4 is 40.6 Å². The summed E-state index contributed by atoms with van der Waals surface area (Å²) < 4.78 is 14.5. The highest BCUT2D eigenvalue weighted by Crippen LogP contribution is 2.30. The average Bonchev–Trinajstić information content (AvgIpc) is 3.07. The highest BCUT2D eigenvalue weighted by Gasteiger charge is 2.10. The van der Waals surface area contributed by atoms with Crippen LogP contribution in [0.15, 0.2) is 63.3 Å². The molecular weight excluding hydrogens is 363 g/mol. The van der Waals surface area contributed by atoms with Crippen molar-refractivity contribution in [2.45, 2.75) is 14.4 Å². The Labute approximate surface area is 151 Å². The van der Waals surface area contributed by atoms with E-state index >= 15 is 0 Å². The zero-order valence-electron chi connectivity index (χ0n) is 12.5. The summed E-state index contributed by atoms with van der Waals surface area (Å²) in [5.74, 6) is 0.718. The first-order valence-electron chi connectivity index (χ1n) is 7.12. The zero-order valence-corrected chi connectivity index (χ0v) is 15.0. The molecule has 7 heteroatoms. The number of halogens is 1. The highest BCUT2D eigenvalue weighted by atomic mass is 32.2. The summed E-state index contributed by atoms with van der Waals surface area (Å²) in [6.07, 6.45) is 0. The zero-order chi connectivity index (χ0) is 16.8. The van der Waals surface area contributed by atoms with Gasteiger partial charge in [-0.25, -0.2) is 4.39 Å². The molecule has 0 atom stereocenters. The fourth-order valence-corrected chi connectivity index (χ4v) is 4.75. The molecule has 0 radical (unpaired) electrons. The Balaban J connectivity index is 1.50. The van der Waals surface area contributed by atoms with Crippen molar-refractivity contribution in [2.24, 2.45) is 0 Å². The van der Waals surface area contributed by atoms with E-state index in [1.54, 1.807) is 11.8 Å². The topological polar surface area (TPSA) is 42.9 Å². The van der Waals surface area contributed by atoms with Crippen LogP contribution in [-0.4, -0.2) is 21.7 Å². The molecule has 0 saturated heterocycles. The van der Waals surface area contributed by atoms with Crippen LogP contribution >= 0.6 is 34.9 Å². The summed E-state index contributed by atoms with van der Waals surface area (Å²) in [4.78, 5) is 12.1. The lowest BCUT2D eigenvalue weighted by atomic mass is 10.1. The van der Waals surface area contributed by atoms with Crippen molar-refractivity contribution in [2.75, 3.05) is 5.75 Å². The van der Waals surface area contributed by atoms with Gasteiger partial charge in [-0.1, -0.05) is 65.2 Å². The predicted octanol–water partition coefficient (Wildman–Crippen LogP) is 4.94. The molecule has 0 spiro atoms. The third-order valence-corrected chi connectivity index (χ3v) is 6.35. The maximum Gasteiger partial charge on any atom is 0.175 e. The van der Waals surface area contributed by atoms with Gasteiger partial charge in [-0.2, -0.15) is 0 Å². The van der Waals surface area contributed by atoms with E-state index < -0.39 is 0 Å². The van der Waals surface area contributed by atoms with Crippen LogP contribution in [0.5, 0.6) is 0 Å². The molecule has 24 heavy (non-hydrogen) atoms. The molecule has 3 nitrogen and oxygen atoms in total. The van der Waals surface area contributed by atoms with Crippen molar-refractivity contribution in [1.29, 1.82) is 0 Å². The molecule has 2 aromatic carbocycles. The average molecular weight is 377 g/mol. The molecule has 0 amide bonds. The van der Waals surface area contributed by atoms with E-state index in [-0.39, 0.29) is 17.4 Å². The molecule has 0 N–H and O–H groups in total. The highest BCUT2D eigenvalue weighted by molar-refractivity contribution is 8.03. The van der Waals surface area contributed by atoms with Gasteiger partial charge in [0.25, 0.3) is 0 Å². The van der Waals surface area contributed by atoms with Gasteiger partial charge < -0.3 is 0 Å². The Morgan fingerprint density at radius 1 is 0.958 bits per heavy atom. The van der Waals surface area contributed by atoms with Crippen molar-refractivity contribution in [1.82, 2.24) is 10.2 Å². The summed E-state index contributed by atoms with van der Waals surface area (Å²) in [5.41, 5.74) is 1.74. The van der Waals surface area contributed by atoms with Gasteiger partial charge in [0.05, 0.1) is 5.75 Å². The van der Waals surface area contributed by atoms with Crippen LogP contribution in [0.1, 0.15) is 15.9 Å². The fourth-order valence-electron chi connectivity index (χ4n) is 1.88. The number of thioether (sulfide) groups is 2. The van der Waals surface area contributed by atoms with Gasteiger partial charge in [-0.15, -0.1) is 10.2 Å². The van der Waals surface area contributed by atoms with E-state index in [4.69, 9.17) is 0 Å². The summed E-state index contributed by atoms with van der Waals surface area (Å²) in [6.45, 7) is 0. The minimum Gasteiger partial charge on any atom is -0.293 e. The number of nitrogens with zero attached hydrogens (tertiary/aromatic N) is 2. The summed E-state index contributed by atoms with van der Waals surface area (Å²) in [6, 6.07) is 15.8. The van der Waals surface area contributed by atoms with Gasteiger partial charge in [0.2, 0.25) is 0 Å². The second-order valence-corrected chi connectivity index (χ2v) is 8.25. The van der Waals surface area contributed by atoms with Crippen LogP contribution < -0.4 is 0 Å². The first-order chi connectivity index (χ1) is 11.7. The SMILES string of the molecule is O=C(CSc1nnc(SCc2ccccc2)s1)c1ccc(F)cc1. The molecule has 3 aromatic rings. The Bertz CT molecular complexity index is 806. The molecule has 1 aromatic heterocycles. The lowest BCUT2D eigenvalue weighted by Gasteiger charge is -1.99. The number of aromatic nitrogens is 2. The molecule has 0 fully saturated rings. The number of hydrogen-bond acceptors (Lipinski definition) is 6. The van der Waals surface area contributed by atoms with Crippen molar-refractivity contribution in [3.05, 3.63) is 71.5 Å². The quantitative estimate of drug-likeness (QED) is 0.431. The maximum atomic E-state index is 12.9. The Morgan fingerprint density at radius 3 is 2.33 bits per heavy atom. The Morgan fingerprint density at radius 2 is 1.62 bits per heavy atom. The van der Waals surface area contributed by atoms with Crippen molar-refractivity contribution in [3.8, 4) is 0 Å². The Hall–Kier alpha value is -1.70. The van der Waals surface area contributed by atoms with E-state index in [0.717, 1.165) is 14.4 Å². The predicted molar refractivity (Wildman–Crippen MR) is 97.4 cm³/mol. The smallest absolute Gasteiger partial charge is 0.175 e. The molecule has 0 saturated carbocycles. The molecule has 0 aliphatic rings. The van der Waals surface area contributed by atoms with E-state index in [1.165, 1.54) is 52.9 Å². The number of hydrogen-bond donors (Lipinski definition) is 0. The van der Waals surface area contributed by atoms with Gasteiger partial charge in [0, 0.05) is 11.3 Å². The normalized spacial score (nSPS) is 10.7.